The summed E-state index contributed by atoms with van der Waals surface area (Å²) in [6.07, 6.45) is 1.90. The van der Waals surface area contributed by atoms with Crippen LogP contribution in [0.4, 0.5) is 11.4 Å². The Morgan fingerprint density at radius 3 is 2.35 bits per heavy atom. The highest BCUT2D eigenvalue weighted by Crippen LogP contribution is 2.29. The largest absolute Gasteiger partial charge is 0.344 e. The van der Waals surface area contributed by atoms with E-state index in [1.54, 1.807) is 24.4 Å². The summed E-state index contributed by atoms with van der Waals surface area (Å²) in [7, 11) is 0. The number of carbonyl (C=O) groups excluding carboxylic acids is 1. The van der Waals surface area contributed by atoms with Crippen molar-refractivity contribution in [1.29, 1.82) is 0 Å². The van der Waals surface area contributed by atoms with Crippen LogP contribution in [0.1, 0.15) is 29.7 Å². The van der Waals surface area contributed by atoms with Crippen molar-refractivity contribution in [2.24, 2.45) is 0 Å². The van der Waals surface area contributed by atoms with Crippen molar-refractivity contribution in [2.45, 2.75) is 19.4 Å². The number of aromatic nitrogens is 1. The molecular formula is C18H15N3O5. The first-order chi connectivity index (χ1) is 12.4. The summed E-state index contributed by atoms with van der Waals surface area (Å²) in [5.74, 6) is -0.153. The molecule has 0 bridgehead atoms. The number of hydrogen-bond acceptors (Lipinski definition) is 5. The molecule has 26 heavy (non-hydrogen) atoms. The second-order valence-electron chi connectivity index (χ2n) is 5.97. The number of nitro groups is 2. The fourth-order valence-corrected chi connectivity index (χ4v) is 2.97. The van der Waals surface area contributed by atoms with Crippen LogP contribution in [-0.4, -0.2) is 20.2 Å². The first-order valence-electron chi connectivity index (χ1n) is 7.90. The van der Waals surface area contributed by atoms with Gasteiger partial charge in [-0.25, -0.2) is 0 Å². The van der Waals surface area contributed by atoms with Gasteiger partial charge in [0.1, 0.15) is 0 Å². The summed E-state index contributed by atoms with van der Waals surface area (Å²) in [4.78, 5) is 33.3. The highest BCUT2D eigenvalue weighted by atomic mass is 16.6. The van der Waals surface area contributed by atoms with Gasteiger partial charge in [0.2, 0.25) is 0 Å². The fraction of sp³-hybridized carbons (Fsp3) is 0.167. The maximum Gasteiger partial charge on any atom is 0.278 e. The minimum Gasteiger partial charge on any atom is -0.344 e. The monoisotopic (exact) mass is 353 g/mol. The molecule has 0 saturated carbocycles. The predicted molar refractivity (Wildman–Crippen MR) is 95.3 cm³/mol. The standard InChI is InChI=1S/C18H15N3O5/c1-12(11-18(22)13-5-7-14(8-6-13)20(23)24)19-10-9-15-16(19)3-2-4-17(15)21(25)26/h2-10,12H,11H2,1H3/t12-/m0/s1. The van der Waals surface area contributed by atoms with Crippen LogP contribution in [0.3, 0.4) is 0 Å². The molecule has 3 aromatic rings. The molecule has 132 valence electrons. The average Bonchev–Trinajstić information content (AvgIpc) is 3.05. The molecule has 0 saturated heterocycles. The van der Waals surface area contributed by atoms with Crippen molar-refractivity contribution >= 4 is 28.1 Å². The van der Waals surface area contributed by atoms with Crippen molar-refractivity contribution in [3.8, 4) is 0 Å². The minimum absolute atomic E-state index is 0.0233. The van der Waals surface area contributed by atoms with E-state index in [-0.39, 0.29) is 29.6 Å². The van der Waals surface area contributed by atoms with E-state index >= 15 is 0 Å². The number of non-ortho nitro benzene ring substituents is 2. The molecule has 0 aliphatic rings. The molecule has 0 spiro atoms. The van der Waals surface area contributed by atoms with Crippen molar-refractivity contribution in [2.75, 3.05) is 0 Å². The molecule has 0 radical (unpaired) electrons. The highest BCUT2D eigenvalue weighted by Gasteiger charge is 2.19. The third-order valence-corrected chi connectivity index (χ3v) is 4.29. The summed E-state index contributed by atoms with van der Waals surface area (Å²) in [5, 5.41) is 22.3. The fourth-order valence-electron chi connectivity index (χ4n) is 2.97. The second kappa shape index (κ2) is 6.75. The Morgan fingerprint density at radius 2 is 1.73 bits per heavy atom. The molecule has 1 atom stereocenters. The van der Waals surface area contributed by atoms with Crippen LogP contribution in [0.15, 0.2) is 54.7 Å². The lowest BCUT2D eigenvalue weighted by Crippen LogP contribution is -2.10. The normalized spacial score (nSPS) is 12.0. The Hall–Kier alpha value is -3.55. The molecule has 0 fully saturated rings. The number of rotatable bonds is 6. The first kappa shape index (κ1) is 17.3. The van der Waals surface area contributed by atoms with Crippen LogP contribution in [-0.2, 0) is 0 Å². The van der Waals surface area contributed by atoms with Crippen LogP contribution in [0, 0.1) is 20.2 Å². The zero-order valence-electron chi connectivity index (χ0n) is 13.9. The molecule has 8 nitrogen and oxygen atoms in total. The lowest BCUT2D eigenvalue weighted by molar-refractivity contribution is -0.384. The summed E-state index contributed by atoms with van der Waals surface area (Å²) < 4.78 is 1.83. The summed E-state index contributed by atoms with van der Waals surface area (Å²) in [6, 6.07) is 11.7. The van der Waals surface area contributed by atoms with Gasteiger partial charge in [0.25, 0.3) is 11.4 Å². The van der Waals surface area contributed by atoms with Gasteiger partial charge in [-0.2, -0.15) is 0 Å². The molecule has 0 unspecified atom stereocenters. The summed E-state index contributed by atoms with van der Waals surface area (Å²) in [5.41, 5.74) is 1.03. The van der Waals surface area contributed by atoms with Gasteiger partial charge in [0.05, 0.1) is 20.7 Å². The SMILES string of the molecule is C[C@@H](CC(=O)c1ccc([N+](=O)[O-])cc1)n1ccc2c([N+](=O)[O-])cccc21. The van der Waals surface area contributed by atoms with E-state index in [0.29, 0.717) is 16.5 Å². The Morgan fingerprint density at radius 1 is 1.04 bits per heavy atom. The summed E-state index contributed by atoms with van der Waals surface area (Å²) >= 11 is 0. The number of Topliss-reactive ketones (excluding diaryl/α,β-unsaturated/α-hetero) is 1. The second-order valence-corrected chi connectivity index (χ2v) is 5.97. The van der Waals surface area contributed by atoms with Crippen LogP contribution in [0.2, 0.25) is 0 Å². The number of hydrogen-bond donors (Lipinski definition) is 0. The third kappa shape index (κ3) is 3.16. The van der Waals surface area contributed by atoms with Crippen molar-refractivity contribution in [3.05, 3.63) is 80.5 Å². The molecule has 3 rings (SSSR count). The smallest absolute Gasteiger partial charge is 0.278 e. The number of nitrogens with zero attached hydrogens (tertiary/aromatic N) is 3. The Bertz CT molecular complexity index is 1010. The van der Waals surface area contributed by atoms with E-state index in [1.165, 1.54) is 30.3 Å². The number of ketones is 1. The minimum atomic E-state index is -0.518. The van der Waals surface area contributed by atoms with E-state index in [4.69, 9.17) is 0 Å². The third-order valence-electron chi connectivity index (χ3n) is 4.29. The van der Waals surface area contributed by atoms with E-state index in [1.807, 2.05) is 11.5 Å². The Labute approximate surface area is 148 Å². The molecule has 8 heteroatoms. The maximum atomic E-state index is 12.5. The van der Waals surface area contributed by atoms with Gasteiger partial charge in [-0.3, -0.25) is 25.0 Å². The molecule has 2 aromatic carbocycles. The Balaban J connectivity index is 1.84. The molecule has 1 heterocycles. The van der Waals surface area contributed by atoms with E-state index in [9.17, 15) is 25.0 Å². The lowest BCUT2D eigenvalue weighted by Gasteiger charge is -2.14. The predicted octanol–water partition coefficient (Wildman–Crippen LogP) is 4.29. The van der Waals surface area contributed by atoms with E-state index in [2.05, 4.69) is 0 Å². The van der Waals surface area contributed by atoms with Crippen LogP contribution >= 0.6 is 0 Å². The van der Waals surface area contributed by atoms with Gasteiger partial charge < -0.3 is 4.57 Å². The topological polar surface area (TPSA) is 108 Å². The number of carbonyl (C=O) groups is 1. The quantitative estimate of drug-likeness (QED) is 0.373. The molecular weight excluding hydrogens is 338 g/mol. The van der Waals surface area contributed by atoms with E-state index < -0.39 is 9.85 Å². The number of benzene rings is 2. The molecule has 0 aliphatic carbocycles. The molecule has 0 amide bonds. The molecule has 0 N–H and O–H groups in total. The van der Waals surface area contributed by atoms with Gasteiger partial charge in [-0.15, -0.1) is 0 Å². The Kier molecular flexibility index (Phi) is 4.49. The van der Waals surface area contributed by atoms with Crippen molar-refractivity contribution < 1.29 is 14.6 Å². The van der Waals surface area contributed by atoms with Crippen LogP contribution < -0.4 is 0 Å². The number of nitro benzene ring substituents is 2. The van der Waals surface area contributed by atoms with Gasteiger partial charge in [-0.1, -0.05) is 6.07 Å². The molecule has 1 aromatic heterocycles. The molecule has 0 aliphatic heterocycles. The zero-order chi connectivity index (χ0) is 18.8. The van der Waals surface area contributed by atoms with Crippen LogP contribution in [0.5, 0.6) is 0 Å². The maximum absolute atomic E-state index is 12.5. The van der Waals surface area contributed by atoms with E-state index in [0.717, 1.165) is 0 Å². The van der Waals surface area contributed by atoms with Gasteiger partial charge in [0, 0.05) is 42.4 Å². The van der Waals surface area contributed by atoms with Gasteiger partial charge in [0.15, 0.2) is 5.78 Å². The zero-order valence-corrected chi connectivity index (χ0v) is 13.9. The van der Waals surface area contributed by atoms with Crippen molar-refractivity contribution in [1.82, 2.24) is 4.57 Å². The van der Waals surface area contributed by atoms with Crippen molar-refractivity contribution in [3.63, 3.8) is 0 Å². The summed E-state index contributed by atoms with van der Waals surface area (Å²) in [6.45, 7) is 1.85. The first-order valence-corrected chi connectivity index (χ1v) is 7.90. The van der Waals surface area contributed by atoms with Gasteiger partial charge in [-0.05, 0) is 31.2 Å². The lowest BCUT2D eigenvalue weighted by atomic mass is 10.0. The van der Waals surface area contributed by atoms with Crippen LogP contribution in [0.25, 0.3) is 10.9 Å². The highest BCUT2D eigenvalue weighted by molar-refractivity contribution is 5.96. The average molecular weight is 353 g/mol. The number of fused-ring (bicyclic) bond motifs is 1. The van der Waals surface area contributed by atoms with Gasteiger partial charge >= 0.3 is 0 Å².